The van der Waals surface area contributed by atoms with Gasteiger partial charge in [0, 0.05) is 13.1 Å². The van der Waals surface area contributed by atoms with Crippen LogP contribution in [0.15, 0.2) is 24.3 Å². The molecule has 0 aliphatic carbocycles. The Kier molecular flexibility index (Phi) is 2.99. The monoisotopic (exact) mass is 247 g/mol. The fourth-order valence-electron chi connectivity index (χ4n) is 2.47. The molecule has 0 radical (unpaired) electrons. The van der Waals surface area contributed by atoms with Crippen LogP contribution in [-0.2, 0) is 0 Å². The highest BCUT2D eigenvalue weighted by atomic mass is 32.1. The molecular weight excluding hydrogens is 230 g/mol. The molecule has 2 aromatic rings. The SMILES string of the molecule is NCCC1CCN(c2nc3ccccc3s2)C1. The lowest BCUT2D eigenvalue weighted by atomic mass is 10.1. The van der Waals surface area contributed by atoms with E-state index in [1.165, 1.54) is 16.3 Å². The number of nitrogens with zero attached hydrogens (tertiary/aromatic N) is 2. The summed E-state index contributed by atoms with van der Waals surface area (Å²) in [4.78, 5) is 7.11. The van der Waals surface area contributed by atoms with Gasteiger partial charge in [0.25, 0.3) is 0 Å². The summed E-state index contributed by atoms with van der Waals surface area (Å²) in [5.41, 5.74) is 6.74. The molecule has 2 heterocycles. The first-order valence-corrected chi connectivity index (χ1v) is 6.99. The molecule has 3 rings (SSSR count). The summed E-state index contributed by atoms with van der Waals surface area (Å²) in [7, 11) is 0. The Morgan fingerprint density at radius 1 is 1.41 bits per heavy atom. The van der Waals surface area contributed by atoms with E-state index in [-0.39, 0.29) is 0 Å². The zero-order chi connectivity index (χ0) is 11.7. The Hall–Kier alpha value is -1.13. The average molecular weight is 247 g/mol. The lowest BCUT2D eigenvalue weighted by Gasteiger charge is -2.14. The topological polar surface area (TPSA) is 42.1 Å². The normalized spacial score (nSPS) is 20.3. The number of anilines is 1. The van der Waals surface area contributed by atoms with Gasteiger partial charge in [0.2, 0.25) is 0 Å². The fraction of sp³-hybridized carbons (Fsp3) is 0.462. The van der Waals surface area contributed by atoms with E-state index in [1.54, 1.807) is 11.3 Å². The van der Waals surface area contributed by atoms with Gasteiger partial charge in [-0.1, -0.05) is 23.5 Å². The summed E-state index contributed by atoms with van der Waals surface area (Å²) in [6, 6.07) is 8.35. The third-order valence-electron chi connectivity index (χ3n) is 3.41. The van der Waals surface area contributed by atoms with Crippen molar-refractivity contribution in [2.75, 3.05) is 24.5 Å². The van der Waals surface area contributed by atoms with Crippen molar-refractivity contribution in [1.82, 2.24) is 4.98 Å². The minimum atomic E-state index is 0.756. The van der Waals surface area contributed by atoms with Gasteiger partial charge in [-0.25, -0.2) is 4.98 Å². The van der Waals surface area contributed by atoms with Crippen molar-refractivity contribution in [3.8, 4) is 0 Å². The van der Waals surface area contributed by atoms with E-state index in [0.717, 1.165) is 37.5 Å². The highest BCUT2D eigenvalue weighted by Crippen LogP contribution is 2.32. The van der Waals surface area contributed by atoms with Crippen LogP contribution in [0.4, 0.5) is 5.13 Å². The smallest absolute Gasteiger partial charge is 0.186 e. The molecule has 90 valence electrons. The number of benzene rings is 1. The first-order chi connectivity index (χ1) is 8.36. The van der Waals surface area contributed by atoms with Gasteiger partial charge < -0.3 is 10.6 Å². The molecule has 1 atom stereocenters. The summed E-state index contributed by atoms with van der Waals surface area (Å²) < 4.78 is 1.28. The lowest BCUT2D eigenvalue weighted by Crippen LogP contribution is -2.20. The maximum absolute atomic E-state index is 5.62. The van der Waals surface area contributed by atoms with Crippen LogP contribution in [-0.4, -0.2) is 24.6 Å². The van der Waals surface area contributed by atoms with E-state index < -0.39 is 0 Å². The van der Waals surface area contributed by atoms with Gasteiger partial charge in [-0.2, -0.15) is 0 Å². The van der Waals surface area contributed by atoms with E-state index in [2.05, 4.69) is 23.1 Å². The fourth-order valence-corrected chi connectivity index (χ4v) is 3.47. The highest BCUT2D eigenvalue weighted by Gasteiger charge is 2.23. The second-order valence-corrected chi connectivity index (χ2v) is 5.65. The second-order valence-electron chi connectivity index (χ2n) is 4.64. The first kappa shape index (κ1) is 11.0. The Balaban J connectivity index is 1.80. The largest absolute Gasteiger partial charge is 0.348 e. The third-order valence-corrected chi connectivity index (χ3v) is 4.51. The molecule has 1 unspecified atom stereocenters. The predicted octanol–water partition coefficient (Wildman–Crippen LogP) is 2.47. The Labute approximate surface area is 105 Å². The van der Waals surface area contributed by atoms with E-state index >= 15 is 0 Å². The lowest BCUT2D eigenvalue weighted by molar-refractivity contribution is 0.546. The number of thiazole rings is 1. The van der Waals surface area contributed by atoms with Gasteiger partial charge >= 0.3 is 0 Å². The van der Waals surface area contributed by atoms with Crippen molar-refractivity contribution in [3.63, 3.8) is 0 Å². The summed E-state index contributed by atoms with van der Waals surface area (Å²) in [6.45, 7) is 3.06. The number of fused-ring (bicyclic) bond motifs is 1. The van der Waals surface area contributed by atoms with Crippen LogP contribution in [0.1, 0.15) is 12.8 Å². The molecule has 0 spiro atoms. The van der Waals surface area contributed by atoms with Gasteiger partial charge in [-0.05, 0) is 37.4 Å². The molecule has 1 aliphatic heterocycles. The van der Waals surface area contributed by atoms with Crippen molar-refractivity contribution >= 4 is 26.7 Å². The maximum atomic E-state index is 5.62. The van der Waals surface area contributed by atoms with Crippen LogP contribution < -0.4 is 10.6 Å². The van der Waals surface area contributed by atoms with Crippen LogP contribution in [0.25, 0.3) is 10.2 Å². The van der Waals surface area contributed by atoms with Gasteiger partial charge in [0.15, 0.2) is 5.13 Å². The van der Waals surface area contributed by atoms with Crippen LogP contribution in [0, 0.1) is 5.92 Å². The minimum absolute atomic E-state index is 0.756. The molecule has 0 saturated carbocycles. The Morgan fingerprint density at radius 2 is 2.29 bits per heavy atom. The molecule has 4 heteroatoms. The summed E-state index contributed by atoms with van der Waals surface area (Å²) >= 11 is 1.80. The molecule has 2 N–H and O–H groups in total. The molecule has 3 nitrogen and oxygen atoms in total. The number of rotatable bonds is 3. The standard InChI is InChI=1S/C13H17N3S/c14-7-5-10-6-8-16(9-10)13-15-11-3-1-2-4-12(11)17-13/h1-4,10H,5-9,14H2. The zero-order valence-electron chi connectivity index (χ0n) is 9.80. The average Bonchev–Trinajstić information content (AvgIpc) is 2.94. The molecule has 0 amide bonds. The van der Waals surface area contributed by atoms with E-state index in [9.17, 15) is 0 Å². The Morgan fingerprint density at radius 3 is 3.12 bits per heavy atom. The van der Waals surface area contributed by atoms with Crippen LogP contribution in [0.3, 0.4) is 0 Å². The van der Waals surface area contributed by atoms with E-state index in [1.807, 2.05) is 6.07 Å². The summed E-state index contributed by atoms with van der Waals surface area (Å²) in [5, 5.41) is 1.17. The van der Waals surface area contributed by atoms with E-state index in [0.29, 0.717) is 0 Å². The summed E-state index contributed by atoms with van der Waals surface area (Å²) in [5.74, 6) is 0.756. The number of para-hydroxylation sites is 1. The van der Waals surface area contributed by atoms with Gasteiger partial charge in [-0.3, -0.25) is 0 Å². The predicted molar refractivity (Wildman–Crippen MR) is 73.6 cm³/mol. The molecule has 0 bridgehead atoms. The number of hydrogen-bond acceptors (Lipinski definition) is 4. The van der Waals surface area contributed by atoms with Gasteiger partial charge in [-0.15, -0.1) is 0 Å². The molecular formula is C13H17N3S. The third kappa shape index (κ3) is 2.15. The zero-order valence-corrected chi connectivity index (χ0v) is 10.6. The van der Waals surface area contributed by atoms with E-state index in [4.69, 9.17) is 10.7 Å². The second kappa shape index (κ2) is 4.63. The highest BCUT2D eigenvalue weighted by molar-refractivity contribution is 7.22. The Bertz CT molecular complexity index is 475. The minimum Gasteiger partial charge on any atom is -0.348 e. The van der Waals surface area contributed by atoms with Gasteiger partial charge in [0.1, 0.15) is 0 Å². The van der Waals surface area contributed by atoms with Crippen molar-refractivity contribution < 1.29 is 0 Å². The quantitative estimate of drug-likeness (QED) is 0.906. The van der Waals surface area contributed by atoms with Crippen molar-refractivity contribution in [2.45, 2.75) is 12.8 Å². The molecule has 1 aromatic carbocycles. The van der Waals surface area contributed by atoms with Crippen molar-refractivity contribution in [1.29, 1.82) is 0 Å². The molecule has 17 heavy (non-hydrogen) atoms. The van der Waals surface area contributed by atoms with Crippen molar-refractivity contribution in [3.05, 3.63) is 24.3 Å². The van der Waals surface area contributed by atoms with Crippen LogP contribution >= 0.6 is 11.3 Å². The molecule has 1 aliphatic rings. The number of nitrogens with two attached hydrogens (primary N) is 1. The number of hydrogen-bond donors (Lipinski definition) is 1. The molecule has 1 saturated heterocycles. The van der Waals surface area contributed by atoms with Crippen molar-refractivity contribution in [2.24, 2.45) is 11.7 Å². The first-order valence-electron chi connectivity index (χ1n) is 6.17. The van der Waals surface area contributed by atoms with Gasteiger partial charge in [0.05, 0.1) is 10.2 Å². The van der Waals surface area contributed by atoms with Crippen LogP contribution in [0.2, 0.25) is 0 Å². The molecule has 1 aromatic heterocycles. The maximum Gasteiger partial charge on any atom is 0.186 e. The molecule has 1 fully saturated rings. The number of aromatic nitrogens is 1. The van der Waals surface area contributed by atoms with Crippen LogP contribution in [0.5, 0.6) is 0 Å². The summed E-state index contributed by atoms with van der Waals surface area (Å²) in [6.07, 6.45) is 2.40.